The number of carbonyl (C=O) groups excluding carboxylic acids is 1. The van der Waals surface area contributed by atoms with Gasteiger partial charge in [-0.25, -0.2) is 4.98 Å². The first-order valence-corrected chi connectivity index (χ1v) is 12.5. The number of anilines is 1. The van der Waals surface area contributed by atoms with E-state index < -0.39 is 5.41 Å². The Labute approximate surface area is 207 Å². The molecule has 2 aliphatic rings. The molecular formula is C25H26ClN3O4S. The van der Waals surface area contributed by atoms with E-state index in [0.29, 0.717) is 28.2 Å². The Hall–Kier alpha value is -2.65. The summed E-state index contributed by atoms with van der Waals surface area (Å²) in [5.41, 5.74) is 1.31. The van der Waals surface area contributed by atoms with Crippen molar-refractivity contribution in [1.29, 1.82) is 0 Å². The number of aliphatic hydroxyl groups is 1. The number of aromatic nitrogens is 1. The zero-order valence-electron chi connectivity index (χ0n) is 18.8. The van der Waals surface area contributed by atoms with Crippen molar-refractivity contribution in [3.63, 3.8) is 0 Å². The van der Waals surface area contributed by atoms with Gasteiger partial charge in [0, 0.05) is 22.6 Å². The predicted octanol–water partition coefficient (Wildman–Crippen LogP) is 4.60. The van der Waals surface area contributed by atoms with Crippen molar-refractivity contribution in [3.05, 3.63) is 69.7 Å². The molecule has 178 valence electrons. The van der Waals surface area contributed by atoms with Crippen LogP contribution in [0.25, 0.3) is 0 Å². The van der Waals surface area contributed by atoms with E-state index in [-0.39, 0.29) is 25.3 Å². The Balaban J connectivity index is 1.39. The molecule has 1 unspecified atom stereocenters. The van der Waals surface area contributed by atoms with Crippen molar-refractivity contribution in [2.75, 3.05) is 31.8 Å². The highest BCUT2D eigenvalue weighted by Crippen LogP contribution is 2.51. The fourth-order valence-electron chi connectivity index (χ4n) is 4.48. The minimum Gasteiger partial charge on any atom is -0.454 e. The maximum atomic E-state index is 13.3. The lowest BCUT2D eigenvalue weighted by atomic mass is 9.94. The number of hydrogen-bond acceptors (Lipinski definition) is 7. The normalized spacial score (nSPS) is 16.5. The number of ether oxygens (including phenoxy) is 2. The number of rotatable bonds is 9. The van der Waals surface area contributed by atoms with Gasteiger partial charge in [-0.05, 0) is 48.7 Å². The highest BCUT2D eigenvalue weighted by Gasteiger charge is 2.52. The maximum absolute atomic E-state index is 13.3. The molecule has 1 saturated carbocycles. The van der Waals surface area contributed by atoms with Crippen LogP contribution in [0.1, 0.15) is 41.8 Å². The molecule has 34 heavy (non-hydrogen) atoms. The average Bonchev–Trinajstić information content (AvgIpc) is 3.31. The SMILES string of the molecule is CCN(CCO)C(c1cnc(NC(=O)C2(c3ccc4c(c3)OCO4)CC2)s1)c1ccccc1Cl. The van der Waals surface area contributed by atoms with Crippen LogP contribution in [0.15, 0.2) is 48.7 Å². The minimum absolute atomic E-state index is 0.0369. The van der Waals surface area contributed by atoms with Crippen LogP contribution in [0, 0.1) is 0 Å². The number of amides is 1. The summed E-state index contributed by atoms with van der Waals surface area (Å²) in [6, 6.07) is 13.2. The second-order valence-corrected chi connectivity index (χ2v) is 9.92. The Morgan fingerprint density at radius 1 is 1.26 bits per heavy atom. The number of benzene rings is 2. The van der Waals surface area contributed by atoms with Gasteiger partial charge in [0.15, 0.2) is 16.6 Å². The molecule has 1 aliphatic carbocycles. The molecule has 1 aromatic heterocycles. The average molecular weight is 500 g/mol. The van der Waals surface area contributed by atoms with Crippen molar-refractivity contribution in [2.45, 2.75) is 31.2 Å². The number of hydrogen-bond donors (Lipinski definition) is 2. The first kappa shape index (κ1) is 23.1. The highest BCUT2D eigenvalue weighted by molar-refractivity contribution is 7.15. The molecule has 0 saturated heterocycles. The standard InChI is InChI=1S/C25H26ClN3O4S/c1-2-29(11-12-30)22(17-5-3-4-6-18(17)26)21-14-27-24(34-21)28-23(31)25(9-10-25)16-7-8-19-20(13-16)33-15-32-19/h3-8,13-14,22,30H,2,9-12,15H2,1H3,(H,27,28,31). The molecule has 2 heterocycles. The number of halogens is 1. The van der Waals surface area contributed by atoms with Crippen LogP contribution in [0.3, 0.4) is 0 Å². The third-order valence-electron chi connectivity index (χ3n) is 6.48. The van der Waals surface area contributed by atoms with Crippen LogP contribution in [-0.4, -0.2) is 47.4 Å². The van der Waals surface area contributed by atoms with Gasteiger partial charge < -0.3 is 19.9 Å². The summed E-state index contributed by atoms with van der Waals surface area (Å²) in [6.07, 6.45) is 3.34. The first-order chi connectivity index (χ1) is 16.6. The van der Waals surface area contributed by atoms with Gasteiger partial charge in [0.05, 0.1) is 18.1 Å². The smallest absolute Gasteiger partial charge is 0.236 e. The molecule has 1 amide bonds. The van der Waals surface area contributed by atoms with Crippen LogP contribution in [0.5, 0.6) is 11.5 Å². The van der Waals surface area contributed by atoms with E-state index >= 15 is 0 Å². The van der Waals surface area contributed by atoms with Gasteiger partial charge in [-0.1, -0.05) is 54.1 Å². The summed E-state index contributed by atoms with van der Waals surface area (Å²) in [4.78, 5) is 20.9. The summed E-state index contributed by atoms with van der Waals surface area (Å²) >= 11 is 7.98. The summed E-state index contributed by atoms with van der Waals surface area (Å²) in [5.74, 6) is 1.32. The number of likely N-dealkylation sites (N-methyl/N-ethyl adjacent to an activating group) is 1. The largest absolute Gasteiger partial charge is 0.454 e. The van der Waals surface area contributed by atoms with Gasteiger partial charge >= 0.3 is 0 Å². The first-order valence-electron chi connectivity index (χ1n) is 11.3. The monoisotopic (exact) mass is 499 g/mol. The number of thiazole rings is 1. The van der Waals surface area contributed by atoms with Crippen LogP contribution in [-0.2, 0) is 10.2 Å². The van der Waals surface area contributed by atoms with Gasteiger partial charge in [0.25, 0.3) is 0 Å². The van der Waals surface area contributed by atoms with Crippen LogP contribution in [0.2, 0.25) is 5.02 Å². The molecule has 2 N–H and O–H groups in total. The fraction of sp³-hybridized carbons (Fsp3) is 0.360. The molecule has 2 aromatic carbocycles. The molecule has 3 aromatic rings. The van der Waals surface area contributed by atoms with Crippen molar-refractivity contribution in [1.82, 2.24) is 9.88 Å². The second kappa shape index (κ2) is 9.54. The topological polar surface area (TPSA) is 83.9 Å². The number of carbonyl (C=O) groups is 1. The molecular weight excluding hydrogens is 474 g/mol. The Bertz CT molecular complexity index is 1200. The zero-order valence-corrected chi connectivity index (χ0v) is 20.4. The molecule has 0 radical (unpaired) electrons. The number of nitrogens with zero attached hydrogens (tertiary/aromatic N) is 2. The van der Waals surface area contributed by atoms with Crippen molar-refractivity contribution >= 4 is 34.0 Å². The lowest BCUT2D eigenvalue weighted by molar-refractivity contribution is -0.118. The summed E-state index contributed by atoms with van der Waals surface area (Å²) in [6.45, 7) is 3.51. The van der Waals surface area contributed by atoms with E-state index in [0.717, 1.165) is 35.4 Å². The van der Waals surface area contributed by atoms with E-state index in [2.05, 4.69) is 15.2 Å². The van der Waals surface area contributed by atoms with Gasteiger partial charge in [0.2, 0.25) is 12.7 Å². The van der Waals surface area contributed by atoms with Crippen molar-refractivity contribution in [2.24, 2.45) is 0 Å². The molecule has 1 fully saturated rings. The zero-order chi connectivity index (χ0) is 23.7. The van der Waals surface area contributed by atoms with E-state index in [4.69, 9.17) is 21.1 Å². The molecule has 5 rings (SSSR count). The Morgan fingerprint density at radius 3 is 2.79 bits per heavy atom. The fourth-order valence-corrected chi connectivity index (χ4v) is 5.68. The predicted molar refractivity (Wildman–Crippen MR) is 132 cm³/mol. The van der Waals surface area contributed by atoms with E-state index in [9.17, 15) is 9.90 Å². The van der Waals surface area contributed by atoms with Gasteiger partial charge in [-0.15, -0.1) is 0 Å². The summed E-state index contributed by atoms with van der Waals surface area (Å²) < 4.78 is 10.9. The van der Waals surface area contributed by atoms with Gasteiger partial charge in [-0.3, -0.25) is 9.69 Å². The quantitative estimate of drug-likeness (QED) is 0.447. The minimum atomic E-state index is -0.568. The third kappa shape index (κ3) is 4.27. The Kier molecular flexibility index (Phi) is 6.48. The maximum Gasteiger partial charge on any atom is 0.236 e. The van der Waals surface area contributed by atoms with E-state index in [1.165, 1.54) is 11.3 Å². The number of nitrogens with one attached hydrogen (secondary N) is 1. The van der Waals surface area contributed by atoms with E-state index in [1.54, 1.807) is 6.20 Å². The van der Waals surface area contributed by atoms with Gasteiger partial charge in [0.1, 0.15) is 0 Å². The van der Waals surface area contributed by atoms with Crippen molar-refractivity contribution < 1.29 is 19.4 Å². The van der Waals surface area contributed by atoms with Crippen molar-refractivity contribution in [3.8, 4) is 11.5 Å². The second-order valence-electron chi connectivity index (χ2n) is 8.45. The summed E-state index contributed by atoms with van der Waals surface area (Å²) in [5, 5.41) is 13.8. The van der Waals surface area contributed by atoms with Crippen LogP contribution < -0.4 is 14.8 Å². The Morgan fingerprint density at radius 2 is 2.06 bits per heavy atom. The van der Waals surface area contributed by atoms with Crippen LogP contribution in [0.4, 0.5) is 5.13 Å². The molecule has 7 nitrogen and oxygen atoms in total. The molecule has 0 bridgehead atoms. The number of fused-ring (bicyclic) bond motifs is 1. The molecule has 1 aliphatic heterocycles. The van der Waals surface area contributed by atoms with Gasteiger partial charge in [-0.2, -0.15) is 0 Å². The number of aliphatic hydroxyl groups excluding tert-OH is 1. The van der Waals surface area contributed by atoms with Crippen LogP contribution >= 0.6 is 22.9 Å². The lowest BCUT2D eigenvalue weighted by Crippen LogP contribution is -2.31. The molecule has 0 spiro atoms. The summed E-state index contributed by atoms with van der Waals surface area (Å²) in [7, 11) is 0. The highest BCUT2D eigenvalue weighted by atomic mass is 35.5. The molecule has 9 heteroatoms. The third-order valence-corrected chi connectivity index (χ3v) is 7.79. The lowest BCUT2D eigenvalue weighted by Gasteiger charge is -2.30. The molecule has 1 atom stereocenters. The van der Waals surface area contributed by atoms with E-state index in [1.807, 2.05) is 49.4 Å².